The lowest BCUT2D eigenvalue weighted by molar-refractivity contribution is -0.136. The van der Waals surface area contributed by atoms with E-state index in [4.69, 9.17) is 15.2 Å². The van der Waals surface area contributed by atoms with Crippen LogP contribution in [0.15, 0.2) is 36.4 Å². The number of ether oxygens (including phenoxy) is 2. The molecule has 2 atom stereocenters. The minimum Gasteiger partial charge on any atom is -0.504 e. The molecule has 0 aliphatic carbocycles. The van der Waals surface area contributed by atoms with Gasteiger partial charge in [-0.2, -0.15) is 0 Å². The van der Waals surface area contributed by atoms with Gasteiger partial charge in [0.15, 0.2) is 11.5 Å². The Morgan fingerprint density at radius 2 is 2.07 bits per heavy atom. The van der Waals surface area contributed by atoms with Gasteiger partial charge in [0.25, 0.3) is 0 Å². The summed E-state index contributed by atoms with van der Waals surface area (Å²) in [6.45, 7) is 4.81. The third-order valence-corrected chi connectivity index (χ3v) is 5.05. The van der Waals surface area contributed by atoms with Gasteiger partial charge >= 0.3 is 0 Å². The van der Waals surface area contributed by atoms with E-state index in [2.05, 4.69) is 0 Å². The van der Waals surface area contributed by atoms with Crippen molar-refractivity contribution in [3.8, 4) is 22.6 Å². The second kappa shape index (κ2) is 7.98. The number of phenols is 1. The highest BCUT2D eigenvalue weighted by Gasteiger charge is 2.29. The lowest BCUT2D eigenvalue weighted by Gasteiger charge is -2.26. The minimum absolute atomic E-state index is 0.0783. The van der Waals surface area contributed by atoms with Crippen LogP contribution in [0.5, 0.6) is 11.5 Å². The number of benzene rings is 2. The fraction of sp³-hybridized carbons (Fsp3) is 0.381. The van der Waals surface area contributed by atoms with Crippen molar-refractivity contribution in [2.24, 2.45) is 5.73 Å². The molecule has 0 fully saturated rings. The molecule has 2 aromatic carbocycles. The van der Waals surface area contributed by atoms with Gasteiger partial charge in [0.1, 0.15) is 12.6 Å². The van der Waals surface area contributed by atoms with Gasteiger partial charge in [0.2, 0.25) is 5.91 Å². The van der Waals surface area contributed by atoms with Crippen LogP contribution in [-0.4, -0.2) is 48.3 Å². The summed E-state index contributed by atoms with van der Waals surface area (Å²) in [5.74, 6) is 0.312. The van der Waals surface area contributed by atoms with Crippen LogP contribution in [0.2, 0.25) is 0 Å². The molecule has 3 N–H and O–H groups in total. The number of carbonyl (C=O) groups is 1. The Bertz CT molecular complexity index is 837. The highest BCUT2D eigenvalue weighted by atomic mass is 16.5. The molecular formula is C21H26N2O4. The van der Waals surface area contributed by atoms with Gasteiger partial charge in [-0.05, 0) is 42.7 Å². The first-order valence-electron chi connectivity index (χ1n) is 9.04. The number of aryl methyl sites for hydroxylation is 1. The molecule has 27 heavy (non-hydrogen) atoms. The van der Waals surface area contributed by atoms with E-state index in [1.807, 2.05) is 37.3 Å². The first kappa shape index (κ1) is 19.2. The number of hydrogen-bond acceptors (Lipinski definition) is 5. The largest absolute Gasteiger partial charge is 0.504 e. The molecule has 1 aliphatic rings. The SMILES string of the molecule is CO[C@H](C)[C@H](N)C(=O)N1CCOc2c(O)cc(-c3ccccc3C)cc2C1. The molecule has 3 rings (SSSR count). The molecule has 1 amide bonds. The number of rotatable bonds is 4. The maximum atomic E-state index is 12.8. The van der Waals surface area contributed by atoms with Gasteiger partial charge < -0.3 is 25.2 Å². The van der Waals surface area contributed by atoms with Crippen LogP contribution in [0.1, 0.15) is 18.1 Å². The quantitative estimate of drug-likeness (QED) is 0.864. The topological polar surface area (TPSA) is 85.0 Å². The molecular weight excluding hydrogens is 344 g/mol. The third-order valence-electron chi connectivity index (χ3n) is 5.05. The Morgan fingerprint density at radius 3 is 2.78 bits per heavy atom. The molecule has 2 aromatic rings. The van der Waals surface area contributed by atoms with Crippen molar-refractivity contribution in [1.29, 1.82) is 0 Å². The summed E-state index contributed by atoms with van der Waals surface area (Å²) in [5, 5.41) is 10.5. The average molecular weight is 370 g/mol. The lowest BCUT2D eigenvalue weighted by atomic mass is 9.97. The van der Waals surface area contributed by atoms with Crippen LogP contribution in [-0.2, 0) is 16.1 Å². The monoisotopic (exact) mass is 370 g/mol. The van der Waals surface area contributed by atoms with Crippen LogP contribution in [0.4, 0.5) is 0 Å². The Balaban J connectivity index is 1.95. The van der Waals surface area contributed by atoms with E-state index >= 15 is 0 Å². The summed E-state index contributed by atoms with van der Waals surface area (Å²) in [5.41, 5.74) is 9.82. The fourth-order valence-corrected chi connectivity index (χ4v) is 3.30. The first-order chi connectivity index (χ1) is 12.9. The maximum Gasteiger partial charge on any atom is 0.242 e. The van der Waals surface area contributed by atoms with Crippen LogP contribution in [0.3, 0.4) is 0 Å². The Kier molecular flexibility index (Phi) is 5.68. The third kappa shape index (κ3) is 3.91. The number of methoxy groups -OCH3 is 1. The Hall–Kier alpha value is -2.57. The molecule has 6 nitrogen and oxygen atoms in total. The van der Waals surface area contributed by atoms with Crippen molar-refractivity contribution in [3.05, 3.63) is 47.5 Å². The number of amides is 1. The second-order valence-electron chi connectivity index (χ2n) is 6.87. The molecule has 0 saturated heterocycles. The summed E-state index contributed by atoms with van der Waals surface area (Å²) in [4.78, 5) is 14.4. The van der Waals surface area contributed by atoms with E-state index in [9.17, 15) is 9.90 Å². The number of nitrogens with zero attached hydrogens (tertiary/aromatic N) is 1. The zero-order valence-corrected chi connectivity index (χ0v) is 15.9. The van der Waals surface area contributed by atoms with Crippen LogP contribution in [0.25, 0.3) is 11.1 Å². The van der Waals surface area contributed by atoms with Crippen molar-refractivity contribution in [2.45, 2.75) is 32.5 Å². The van der Waals surface area contributed by atoms with E-state index in [0.717, 1.165) is 22.3 Å². The molecule has 0 bridgehead atoms. The fourth-order valence-electron chi connectivity index (χ4n) is 3.30. The number of nitrogens with two attached hydrogens (primary N) is 1. The van der Waals surface area contributed by atoms with E-state index in [1.54, 1.807) is 17.9 Å². The van der Waals surface area contributed by atoms with Gasteiger partial charge in [0, 0.05) is 19.2 Å². The van der Waals surface area contributed by atoms with Crippen molar-refractivity contribution in [3.63, 3.8) is 0 Å². The molecule has 0 spiro atoms. The van der Waals surface area contributed by atoms with Gasteiger partial charge in [-0.15, -0.1) is 0 Å². The molecule has 0 unspecified atom stereocenters. The molecule has 1 heterocycles. The normalized spacial score (nSPS) is 16.1. The van der Waals surface area contributed by atoms with Gasteiger partial charge in [-0.1, -0.05) is 24.3 Å². The lowest BCUT2D eigenvalue weighted by Crippen LogP contribution is -2.50. The van der Waals surface area contributed by atoms with Crippen molar-refractivity contribution < 1.29 is 19.4 Å². The van der Waals surface area contributed by atoms with Crippen LogP contribution >= 0.6 is 0 Å². The number of carbonyl (C=O) groups excluding carboxylic acids is 1. The number of hydrogen-bond donors (Lipinski definition) is 2. The van der Waals surface area contributed by atoms with E-state index < -0.39 is 6.04 Å². The number of aromatic hydroxyl groups is 1. The van der Waals surface area contributed by atoms with Crippen molar-refractivity contribution in [1.82, 2.24) is 4.90 Å². The zero-order valence-electron chi connectivity index (χ0n) is 15.9. The minimum atomic E-state index is -0.746. The molecule has 144 valence electrons. The van der Waals surface area contributed by atoms with Crippen molar-refractivity contribution in [2.75, 3.05) is 20.3 Å². The smallest absolute Gasteiger partial charge is 0.242 e. The summed E-state index contributed by atoms with van der Waals surface area (Å²) in [6, 6.07) is 10.9. The van der Waals surface area contributed by atoms with Crippen LogP contribution < -0.4 is 10.5 Å². The molecule has 0 saturated carbocycles. The van der Waals surface area contributed by atoms with E-state index in [0.29, 0.717) is 25.4 Å². The average Bonchev–Trinajstić information content (AvgIpc) is 2.89. The standard InChI is InChI=1S/C21H26N2O4/c1-13-6-4-5-7-17(13)15-10-16-12-23(21(25)19(22)14(2)26-3)8-9-27-20(16)18(24)11-15/h4-7,10-11,14,19,24H,8-9,12,22H2,1-3H3/t14-,19+/m1/s1. The zero-order chi connectivity index (χ0) is 19.6. The molecule has 0 aromatic heterocycles. The predicted octanol–water partition coefficient (Wildman–Crippen LogP) is 2.45. The summed E-state index contributed by atoms with van der Waals surface area (Å²) >= 11 is 0. The number of phenolic OH excluding ortho intramolecular Hbond substituents is 1. The van der Waals surface area contributed by atoms with Crippen molar-refractivity contribution >= 4 is 5.91 Å². The van der Waals surface area contributed by atoms with Gasteiger partial charge in [-0.3, -0.25) is 4.79 Å². The second-order valence-corrected chi connectivity index (χ2v) is 6.87. The summed E-state index contributed by atoms with van der Waals surface area (Å²) in [7, 11) is 1.53. The Labute approximate surface area is 159 Å². The van der Waals surface area contributed by atoms with Gasteiger partial charge in [0.05, 0.1) is 12.6 Å². The number of fused-ring (bicyclic) bond motifs is 1. The van der Waals surface area contributed by atoms with E-state index in [-0.39, 0.29) is 17.8 Å². The Morgan fingerprint density at radius 1 is 1.33 bits per heavy atom. The predicted molar refractivity (Wildman–Crippen MR) is 104 cm³/mol. The van der Waals surface area contributed by atoms with E-state index in [1.165, 1.54) is 7.11 Å². The maximum absolute atomic E-state index is 12.8. The highest BCUT2D eigenvalue weighted by Crippen LogP contribution is 2.38. The van der Waals surface area contributed by atoms with Crippen LogP contribution in [0, 0.1) is 6.92 Å². The van der Waals surface area contributed by atoms with Gasteiger partial charge in [-0.25, -0.2) is 0 Å². The summed E-state index contributed by atoms with van der Waals surface area (Å²) < 4.78 is 10.9. The first-order valence-corrected chi connectivity index (χ1v) is 9.04. The molecule has 0 radical (unpaired) electrons. The highest BCUT2D eigenvalue weighted by molar-refractivity contribution is 5.82. The molecule has 1 aliphatic heterocycles. The molecule has 6 heteroatoms. The summed E-state index contributed by atoms with van der Waals surface area (Å²) in [6.07, 6.45) is -0.382.